The highest BCUT2D eigenvalue weighted by molar-refractivity contribution is 5.70. The monoisotopic (exact) mass is 1330 g/mol. The zero-order valence-corrected chi connectivity index (χ0v) is 69.4. The van der Waals surface area contributed by atoms with Crippen molar-refractivity contribution in [3.05, 3.63) is 258 Å². The van der Waals surface area contributed by atoms with Gasteiger partial charge in [0.1, 0.15) is 0 Å². The van der Waals surface area contributed by atoms with Crippen molar-refractivity contribution in [2.75, 3.05) is 116 Å². The van der Waals surface area contributed by atoms with Crippen molar-refractivity contribution in [3.8, 4) is 11.1 Å². The molecule has 0 saturated heterocycles. The maximum atomic E-state index is 3.78. The van der Waals surface area contributed by atoms with Gasteiger partial charge in [-0.2, -0.15) is 0 Å². The van der Waals surface area contributed by atoms with E-state index in [4.69, 9.17) is 0 Å². The van der Waals surface area contributed by atoms with Gasteiger partial charge >= 0.3 is 0 Å². The van der Waals surface area contributed by atoms with Crippen molar-refractivity contribution in [1.82, 2.24) is 9.88 Å². The van der Waals surface area contributed by atoms with Crippen molar-refractivity contribution >= 4 is 45.2 Å². The molecule has 0 aliphatic rings. The van der Waals surface area contributed by atoms with Crippen molar-refractivity contribution in [2.45, 2.75) is 166 Å². The lowest BCUT2D eigenvalue weighted by molar-refractivity contribution is 0.505. The number of nitrogens with zero attached hydrogens (tertiary/aromatic N) is 7. The molecule has 7 heteroatoms. The summed E-state index contributed by atoms with van der Waals surface area (Å²) < 4.78 is 0. The van der Waals surface area contributed by atoms with Gasteiger partial charge in [0.15, 0.2) is 0 Å². The molecule has 0 amide bonds. The predicted octanol–water partition coefficient (Wildman–Crippen LogP) is 26.3. The third-order valence-corrected chi connectivity index (χ3v) is 13.2. The largest absolute Gasteiger partial charge is 0.378 e. The van der Waals surface area contributed by atoms with Gasteiger partial charge in [-0.25, -0.2) is 0 Å². The fraction of sp³-hybridized carbons (Fsp3) is 0.411. The van der Waals surface area contributed by atoms with Crippen LogP contribution in [-0.2, 0) is 0 Å². The summed E-state index contributed by atoms with van der Waals surface area (Å²) in [5, 5.41) is 0. The molecule has 1 aromatic heterocycles. The molecule has 0 bridgehead atoms. The van der Waals surface area contributed by atoms with Crippen LogP contribution >= 0.6 is 0 Å². The summed E-state index contributed by atoms with van der Waals surface area (Å²) in [6, 6.07) is 59.0. The average molecular weight is 1330 g/mol. The molecule has 1 heterocycles. The van der Waals surface area contributed by atoms with Gasteiger partial charge in [-0.1, -0.05) is 211 Å². The van der Waals surface area contributed by atoms with E-state index >= 15 is 0 Å². The smallest absolute Gasteiger partial charge is 0.0362 e. The summed E-state index contributed by atoms with van der Waals surface area (Å²) >= 11 is 0. The molecule has 6 aromatic carbocycles. The first kappa shape index (κ1) is 102. The average Bonchev–Trinajstić information content (AvgIpc) is 1.40. The maximum Gasteiger partial charge on any atom is 0.0362 e. The second-order valence-corrected chi connectivity index (χ2v) is 23.2. The third-order valence-electron chi connectivity index (χ3n) is 13.2. The number of pyridine rings is 1. The van der Waals surface area contributed by atoms with E-state index in [1.165, 1.54) is 95.3 Å². The summed E-state index contributed by atoms with van der Waals surface area (Å²) in [5.74, 6) is 0. The van der Waals surface area contributed by atoms with Crippen LogP contribution in [0.15, 0.2) is 235 Å². The van der Waals surface area contributed by atoms with Gasteiger partial charge in [0.2, 0.25) is 0 Å². The fourth-order valence-corrected chi connectivity index (χ4v) is 6.31. The van der Waals surface area contributed by atoms with Gasteiger partial charge in [-0.05, 0) is 249 Å². The van der Waals surface area contributed by atoms with Gasteiger partial charge in [-0.3, -0.25) is 4.98 Å². The number of hydrogen-bond donors (Lipinski definition) is 0. The molecule has 97 heavy (non-hydrogen) atoms. The second-order valence-electron chi connectivity index (χ2n) is 23.2. The Kier molecular flexibility index (Phi) is 73.1. The molecule has 0 unspecified atom stereocenters. The minimum Gasteiger partial charge on any atom is -0.378 e. The zero-order valence-electron chi connectivity index (χ0n) is 69.4. The fourth-order valence-electron chi connectivity index (χ4n) is 6.31. The van der Waals surface area contributed by atoms with Crippen LogP contribution in [0.25, 0.3) is 27.8 Å². The van der Waals surface area contributed by atoms with Crippen LogP contribution in [-0.4, -0.2) is 102 Å². The first-order valence-electron chi connectivity index (χ1n) is 35.0. The van der Waals surface area contributed by atoms with Crippen LogP contribution < -0.4 is 24.5 Å². The summed E-state index contributed by atoms with van der Waals surface area (Å²) in [6.07, 6.45) is 16.1. The maximum absolute atomic E-state index is 3.78. The minimum atomic E-state index is 1.23. The quantitative estimate of drug-likeness (QED) is 0.133. The zero-order chi connectivity index (χ0) is 76.4. The lowest BCUT2D eigenvalue weighted by Crippen LogP contribution is -2.10. The highest BCUT2D eigenvalue weighted by Crippen LogP contribution is 2.25. The summed E-state index contributed by atoms with van der Waals surface area (Å²) in [4.78, 5) is 16.3. The van der Waals surface area contributed by atoms with Crippen molar-refractivity contribution < 1.29 is 0 Å². The van der Waals surface area contributed by atoms with Crippen LogP contribution in [0.2, 0.25) is 0 Å². The molecule has 0 aliphatic heterocycles. The standard InChI is InChI=1S/C16H20N2.C14H18.C10H16N2.C10H12.C9H13N.C5H5N.3C5H10.C3H9N.4C2H6/c1-17(2)15-9-5-13(6-10-15)14-7-11-16(12-8-14)18(3)4;1-5-11(3)13-7-9-14(10-8-13)12(4)6-2;1-11(2)9-5-7-10(8-6-9)12(3)4;1-3-9(2)10-7-5-4-6-8-10;1-8-4-6-9(7-5-8)10(2)3;1-2-4-6-5-3-1;3*1-4-5(2)3;1-4(2)3;4*1-2/h5-12H,1-4H3;5-10H,1-4H3;5-8H,1-4H3;3-8H,1-2H3;4-7H,1-3H3;1-5H;3*4H,1-3H3;1-3H3;4*1-2H3/b;11-5+,12-6+;;9-3+;;;;;;;;;;. The molecule has 0 atom stereocenters. The Balaban J connectivity index is -0.000000189. The Morgan fingerprint density at radius 3 is 0.608 bits per heavy atom. The molecule has 0 radical (unpaired) electrons. The molecule has 542 valence electrons. The van der Waals surface area contributed by atoms with E-state index < -0.39 is 0 Å². The number of anilines is 5. The summed E-state index contributed by atoms with van der Waals surface area (Å²) in [6.45, 7) is 49.3. The first-order chi connectivity index (χ1) is 46.0. The van der Waals surface area contributed by atoms with E-state index in [9.17, 15) is 0 Å². The lowest BCUT2D eigenvalue weighted by atomic mass is 10.0. The summed E-state index contributed by atoms with van der Waals surface area (Å²) in [5.41, 5.74) is 22.1. The van der Waals surface area contributed by atoms with Crippen LogP contribution in [0.1, 0.15) is 181 Å². The van der Waals surface area contributed by atoms with E-state index in [1.807, 2.05) is 169 Å². The number of allylic oxidation sites excluding steroid dienone is 12. The van der Waals surface area contributed by atoms with Gasteiger partial charge in [-0.15, -0.1) is 0 Å². The van der Waals surface area contributed by atoms with Crippen molar-refractivity contribution in [2.24, 2.45) is 0 Å². The van der Waals surface area contributed by atoms with Gasteiger partial charge in [0.05, 0.1) is 0 Å². The van der Waals surface area contributed by atoms with Gasteiger partial charge < -0.3 is 29.4 Å². The number of aromatic nitrogens is 1. The molecule has 0 N–H and O–H groups in total. The first-order valence-corrected chi connectivity index (χ1v) is 35.0. The SMILES string of the molecule is C/C=C(\C)c1ccc(/C(C)=C/C)cc1.C/C=C(\C)c1ccccc1.CC.CC.CC.CC.CC=C(C)C.CC=C(C)C.CC=C(C)C.CN(C)C.CN(C)c1ccc(-c2ccc(N(C)C)cc2)cc1.CN(C)c1ccc(N(C)C)cc1.Cc1ccc(N(C)C)cc1.c1ccncc1. The normalized spacial score (nSPS) is 9.36. The molecule has 7 aromatic rings. The van der Waals surface area contributed by atoms with E-state index in [0.29, 0.717) is 0 Å². The predicted molar refractivity (Wildman–Crippen MR) is 457 cm³/mol. The second kappa shape index (κ2) is 69.2. The molecule has 0 fully saturated rings. The van der Waals surface area contributed by atoms with Crippen molar-refractivity contribution in [1.29, 1.82) is 0 Å². The van der Waals surface area contributed by atoms with E-state index in [-0.39, 0.29) is 0 Å². The lowest BCUT2D eigenvalue weighted by Gasteiger charge is -2.16. The molecule has 0 spiro atoms. The third kappa shape index (κ3) is 60.1. The van der Waals surface area contributed by atoms with E-state index in [0.717, 1.165) is 0 Å². The highest BCUT2D eigenvalue weighted by Gasteiger charge is 2.02. The Bertz CT molecular complexity index is 2800. The molecule has 0 saturated carbocycles. The number of benzene rings is 6. The van der Waals surface area contributed by atoms with E-state index in [2.05, 4.69) is 330 Å². The molecular weight excluding hydrogens is 1180 g/mol. The topological polar surface area (TPSA) is 32.3 Å². The number of aryl methyl sites for hydroxylation is 1. The van der Waals surface area contributed by atoms with Crippen LogP contribution in [0, 0.1) is 6.92 Å². The van der Waals surface area contributed by atoms with Crippen LogP contribution in [0.3, 0.4) is 0 Å². The number of rotatable bonds is 9. The van der Waals surface area contributed by atoms with E-state index in [1.54, 1.807) is 12.4 Å². The summed E-state index contributed by atoms with van der Waals surface area (Å²) in [7, 11) is 26.5. The Morgan fingerprint density at radius 2 is 0.443 bits per heavy atom. The van der Waals surface area contributed by atoms with Crippen molar-refractivity contribution in [3.63, 3.8) is 0 Å². The molecule has 0 aliphatic carbocycles. The van der Waals surface area contributed by atoms with Gasteiger partial charge in [0.25, 0.3) is 0 Å². The minimum absolute atomic E-state index is 1.23. The molecule has 7 rings (SSSR count). The Labute approximate surface area is 602 Å². The van der Waals surface area contributed by atoms with Crippen LogP contribution in [0.5, 0.6) is 0 Å². The van der Waals surface area contributed by atoms with Crippen LogP contribution in [0.4, 0.5) is 28.4 Å². The number of hydrogen-bond acceptors (Lipinski definition) is 7. The van der Waals surface area contributed by atoms with Gasteiger partial charge in [0, 0.05) is 111 Å². The highest BCUT2D eigenvalue weighted by atomic mass is 15.1. The Hall–Kier alpha value is -8.13. The molecule has 7 nitrogen and oxygen atoms in total. The molecular formula is C90H147N7. The Morgan fingerprint density at radius 1 is 0.258 bits per heavy atom.